The van der Waals surface area contributed by atoms with Gasteiger partial charge in [-0.1, -0.05) is 49.3 Å². The van der Waals surface area contributed by atoms with Crippen LogP contribution in [0.4, 0.5) is 0 Å². The van der Waals surface area contributed by atoms with Crippen molar-refractivity contribution in [1.82, 2.24) is 0 Å². The lowest BCUT2D eigenvalue weighted by Crippen LogP contribution is -2.42. The molecule has 0 spiro atoms. The lowest BCUT2D eigenvalue weighted by atomic mass is 9.53. The van der Waals surface area contributed by atoms with Gasteiger partial charge in [-0.05, 0) is 73.3 Å². The standard InChI is InChI=1S/C22H30O/c1-14-4-6-17-16(12-14)5-7-19-18(17)10-11-22(3)20(15(2)13-23)8-9-21(19)22/h4,6,8,12,15,18-19,21,23H,5,7,9-11,13H2,1-3H3/t15-,18-,19-,21+,22-/m1/s1. The molecule has 0 amide bonds. The number of benzene rings is 1. The van der Waals surface area contributed by atoms with Crippen LogP contribution in [0.25, 0.3) is 0 Å². The van der Waals surface area contributed by atoms with Crippen molar-refractivity contribution in [1.29, 1.82) is 0 Å². The van der Waals surface area contributed by atoms with Gasteiger partial charge in [0.05, 0.1) is 0 Å². The Morgan fingerprint density at radius 3 is 2.91 bits per heavy atom. The lowest BCUT2D eigenvalue weighted by molar-refractivity contribution is 0.0655. The summed E-state index contributed by atoms with van der Waals surface area (Å²) in [7, 11) is 0. The van der Waals surface area contributed by atoms with Gasteiger partial charge >= 0.3 is 0 Å². The second-order valence-corrected chi connectivity index (χ2v) is 8.55. The molecule has 23 heavy (non-hydrogen) atoms. The Hall–Kier alpha value is -1.08. The lowest BCUT2D eigenvalue weighted by Gasteiger charge is -2.51. The van der Waals surface area contributed by atoms with Crippen molar-refractivity contribution in [3.63, 3.8) is 0 Å². The number of aliphatic hydroxyl groups excluding tert-OH is 1. The van der Waals surface area contributed by atoms with Crippen LogP contribution < -0.4 is 0 Å². The largest absolute Gasteiger partial charge is 0.396 e. The Labute approximate surface area is 140 Å². The summed E-state index contributed by atoms with van der Waals surface area (Å²) < 4.78 is 0. The van der Waals surface area contributed by atoms with E-state index in [4.69, 9.17) is 0 Å². The van der Waals surface area contributed by atoms with Crippen LogP contribution in [0.1, 0.15) is 62.1 Å². The molecule has 0 saturated heterocycles. The molecule has 1 N–H and O–H groups in total. The van der Waals surface area contributed by atoms with Crippen LogP contribution in [0, 0.1) is 30.1 Å². The van der Waals surface area contributed by atoms with E-state index in [9.17, 15) is 5.11 Å². The fourth-order valence-electron chi connectivity index (χ4n) is 6.17. The van der Waals surface area contributed by atoms with Crippen LogP contribution in [-0.4, -0.2) is 11.7 Å². The average molecular weight is 310 g/mol. The van der Waals surface area contributed by atoms with Gasteiger partial charge in [-0.2, -0.15) is 0 Å². The molecule has 1 aromatic carbocycles. The van der Waals surface area contributed by atoms with Crippen molar-refractivity contribution in [2.24, 2.45) is 23.2 Å². The summed E-state index contributed by atoms with van der Waals surface area (Å²) in [6, 6.07) is 7.15. The van der Waals surface area contributed by atoms with Crippen LogP contribution in [0.5, 0.6) is 0 Å². The molecular formula is C22H30O. The van der Waals surface area contributed by atoms with Gasteiger partial charge in [0.25, 0.3) is 0 Å². The van der Waals surface area contributed by atoms with Gasteiger partial charge in [0.2, 0.25) is 0 Å². The molecule has 124 valence electrons. The molecular weight excluding hydrogens is 280 g/mol. The van der Waals surface area contributed by atoms with Crippen LogP contribution in [0.15, 0.2) is 29.8 Å². The monoisotopic (exact) mass is 310 g/mol. The van der Waals surface area contributed by atoms with Gasteiger partial charge in [0.15, 0.2) is 0 Å². The minimum atomic E-state index is 0.296. The summed E-state index contributed by atoms with van der Waals surface area (Å²) in [5, 5.41) is 9.65. The number of hydrogen-bond donors (Lipinski definition) is 1. The van der Waals surface area contributed by atoms with Crippen LogP contribution in [-0.2, 0) is 6.42 Å². The molecule has 5 atom stereocenters. The molecule has 0 aromatic heterocycles. The summed E-state index contributed by atoms with van der Waals surface area (Å²) in [6.45, 7) is 7.20. The van der Waals surface area contributed by atoms with E-state index in [-0.39, 0.29) is 0 Å². The number of hydrogen-bond acceptors (Lipinski definition) is 1. The minimum Gasteiger partial charge on any atom is -0.396 e. The van der Waals surface area contributed by atoms with Crippen molar-refractivity contribution >= 4 is 0 Å². The van der Waals surface area contributed by atoms with Gasteiger partial charge in [0.1, 0.15) is 0 Å². The zero-order valence-electron chi connectivity index (χ0n) is 14.8. The molecule has 3 aliphatic rings. The Morgan fingerprint density at radius 1 is 1.30 bits per heavy atom. The highest BCUT2D eigenvalue weighted by molar-refractivity contribution is 5.39. The predicted octanol–water partition coefficient (Wildman–Crippen LogP) is 5.02. The van der Waals surface area contributed by atoms with Crippen molar-refractivity contribution in [2.75, 3.05) is 6.61 Å². The highest BCUT2D eigenvalue weighted by Crippen LogP contribution is 2.62. The molecule has 4 rings (SSSR count). The van der Waals surface area contributed by atoms with E-state index >= 15 is 0 Å². The second-order valence-electron chi connectivity index (χ2n) is 8.55. The molecule has 1 heteroatoms. The third kappa shape index (κ3) is 2.23. The van der Waals surface area contributed by atoms with E-state index in [1.165, 1.54) is 37.7 Å². The van der Waals surface area contributed by atoms with Crippen LogP contribution >= 0.6 is 0 Å². The Kier molecular flexibility index (Phi) is 3.68. The summed E-state index contributed by atoms with van der Waals surface area (Å²) >= 11 is 0. The number of aliphatic hydroxyl groups is 1. The molecule has 1 fully saturated rings. The molecule has 0 radical (unpaired) electrons. The molecule has 3 aliphatic carbocycles. The van der Waals surface area contributed by atoms with Crippen molar-refractivity contribution in [3.05, 3.63) is 46.5 Å². The molecule has 0 aliphatic heterocycles. The number of rotatable bonds is 2. The third-order valence-corrected chi connectivity index (χ3v) is 7.33. The van der Waals surface area contributed by atoms with Crippen molar-refractivity contribution in [3.8, 4) is 0 Å². The normalized spacial score (nSPS) is 36.7. The summed E-state index contributed by atoms with van der Waals surface area (Å²) in [6.07, 6.45) is 8.95. The van der Waals surface area contributed by atoms with Gasteiger partial charge in [0, 0.05) is 12.5 Å². The van der Waals surface area contributed by atoms with E-state index in [1.807, 2.05) is 0 Å². The predicted molar refractivity (Wildman–Crippen MR) is 95.5 cm³/mol. The topological polar surface area (TPSA) is 20.2 Å². The summed E-state index contributed by atoms with van der Waals surface area (Å²) in [4.78, 5) is 0. The SMILES string of the molecule is Cc1ccc2c(c1)CC[C@@H]1[C@@H]2CC[C@]2(C)C([C@H](C)CO)=CC[C@@H]12. The summed E-state index contributed by atoms with van der Waals surface area (Å²) in [5.74, 6) is 2.73. The van der Waals surface area contributed by atoms with E-state index in [0.29, 0.717) is 17.9 Å². The molecule has 1 saturated carbocycles. The molecule has 1 nitrogen and oxygen atoms in total. The van der Waals surface area contributed by atoms with Crippen LogP contribution in [0.2, 0.25) is 0 Å². The van der Waals surface area contributed by atoms with Crippen molar-refractivity contribution in [2.45, 2.75) is 58.8 Å². The average Bonchev–Trinajstić information content (AvgIpc) is 2.90. The molecule has 1 aromatic rings. The van der Waals surface area contributed by atoms with Gasteiger partial charge in [-0.15, -0.1) is 0 Å². The smallest absolute Gasteiger partial charge is 0.0494 e. The molecule has 0 unspecified atom stereocenters. The maximum atomic E-state index is 9.65. The zero-order valence-corrected chi connectivity index (χ0v) is 14.8. The molecule has 0 bridgehead atoms. The Bertz CT molecular complexity index is 643. The molecule has 0 heterocycles. The van der Waals surface area contributed by atoms with Gasteiger partial charge < -0.3 is 5.11 Å². The Balaban J connectivity index is 1.66. The number of allylic oxidation sites excluding steroid dienone is 1. The van der Waals surface area contributed by atoms with Gasteiger partial charge in [-0.3, -0.25) is 0 Å². The number of aryl methyl sites for hydroxylation is 2. The van der Waals surface area contributed by atoms with E-state index in [0.717, 1.165) is 17.8 Å². The van der Waals surface area contributed by atoms with Crippen LogP contribution in [0.3, 0.4) is 0 Å². The first kappa shape index (κ1) is 15.4. The quantitative estimate of drug-likeness (QED) is 0.761. The van der Waals surface area contributed by atoms with Gasteiger partial charge in [-0.25, -0.2) is 0 Å². The highest BCUT2D eigenvalue weighted by Gasteiger charge is 2.52. The summed E-state index contributed by atoms with van der Waals surface area (Å²) in [5.41, 5.74) is 6.57. The second kappa shape index (κ2) is 5.48. The maximum Gasteiger partial charge on any atom is 0.0494 e. The first-order chi connectivity index (χ1) is 11.0. The van der Waals surface area contributed by atoms with E-state index < -0.39 is 0 Å². The maximum absolute atomic E-state index is 9.65. The Morgan fingerprint density at radius 2 is 2.13 bits per heavy atom. The fraction of sp³-hybridized carbons (Fsp3) is 0.636. The zero-order chi connectivity index (χ0) is 16.2. The number of fused-ring (bicyclic) bond motifs is 5. The van der Waals surface area contributed by atoms with E-state index in [2.05, 4.69) is 45.0 Å². The first-order valence-corrected chi connectivity index (χ1v) is 9.45. The third-order valence-electron chi connectivity index (χ3n) is 7.33. The van der Waals surface area contributed by atoms with Crippen molar-refractivity contribution < 1.29 is 5.11 Å². The fourth-order valence-corrected chi connectivity index (χ4v) is 6.17. The van der Waals surface area contributed by atoms with E-state index in [1.54, 1.807) is 16.7 Å². The first-order valence-electron chi connectivity index (χ1n) is 9.45. The minimum absolute atomic E-state index is 0.296. The highest BCUT2D eigenvalue weighted by atomic mass is 16.3.